The van der Waals surface area contributed by atoms with Crippen LogP contribution in [0.25, 0.3) is 0 Å². The first-order valence-corrected chi connectivity index (χ1v) is 5.08. The molecule has 0 aliphatic carbocycles. The standard InChI is InChI=1S/C10H14BFO5/c1-3-15-6-16-10-8(17-11(13)14)5-4-7(2)9(10)12/h4-5,13-14H,3,6H2,1-2H3. The Morgan fingerprint density at radius 3 is 2.65 bits per heavy atom. The zero-order valence-corrected chi connectivity index (χ0v) is 9.64. The molecule has 0 spiro atoms. The van der Waals surface area contributed by atoms with Crippen molar-refractivity contribution in [1.82, 2.24) is 0 Å². The van der Waals surface area contributed by atoms with Gasteiger partial charge in [0.2, 0.25) is 0 Å². The lowest BCUT2D eigenvalue weighted by Crippen LogP contribution is -2.21. The molecule has 0 fully saturated rings. The Balaban J connectivity index is 2.91. The normalized spacial score (nSPS) is 10.2. The van der Waals surface area contributed by atoms with Gasteiger partial charge in [-0.1, -0.05) is 6.07 Å². The molecule has 0 bridgehead atoms. The van der Waals surface area contributed by atoms with E-state index in [1.807, 2.05) is 0 Å². The van der Waals surface area contributed by atoms with Gasteiger partial charge in [0, 0.05) is 6.61 Å². The van der Waals surface area contributed by atoms with E-state index in [1.165, 1.54) is 12.1 Å². The van der Waals surface area contributed by atoms with E-state index in [-0.39, 0.29) is 18.3 Å². The highest BCUT2D eigenvalue weighted by Crippen LogP contribution is 2.32. The summed E-state index contributed by atoms with van der Waals surface area (Å²) < 4.78 is 28.3. The summed E-state index contributed by atoms with van der Waals surface area (Å²) in [4.78, 5) is 0. The van der Waals surface area contributed by atoms with E-state index >= 15 is 0 Å². The number of rotatable bonds is 6. The SMILES string of the molecule is CCOCOc1c(OB(O)O)ccc(C)c1F. The number of ether oxygens (including phenoxy) is 2. The predicted octanol–water partition coefficient (Wildman–Crippen LogP) is 0.855. The van der Waals surface area contributed by atoms with Crippen molar-refractivity contribution < 1.29 is 28.6 Å². The smallest absolute Gasteiger partial charge is 0.509 e. The monoisotopic (exact) mass is 244 g/mol. The number of halogens is 1. The molecular weight excluding hydrogens is 230 g/mol. The van der Waals surface area contributed by atoms with Gasteiger partial charge in [-0.25, -0.2) is 4.39 Å². The van der Waals surface area contributed by atoms with Crippen LogP contribution < -0.4 is 9.39 Å². The molecule has 0 saturated carbocycles. The summed E-state index contributed by atoms with van der Waals surface area (Å²) in [6.45, 7) is 3.61. The average molecular weight is 244 g/mol. The van der Waals surface area contributed by atoms with Crippen LogP contribution >= 0.6 is 0 Å². The summed E-state index contributed by atoms with van der Waals surface area (Å²) in [5.41, 5.74) is 0.358. The molecule has 0 aliphatic rings. The van der Waals surface area contributed by atoms with E-state index in [4.69, 9.17) is 19.5 Å². The number of benzene rings is 1. The van der Waals surface area contributed by atoms with Crippen molar-refractivity contribution in [3.8, 4) is 11.5 Å². The Kier molecular flexibility index (Phi) is 5.21. The molecule has 2 N–H and O–H groups in total. The minimum Gasteiger partial charge on any atom is -0.509 e. The van der Waals surface area contributed by atoms with Crippen LogP contribution in [0.3, 0.4) is 0 Å². The van der Waals surface area contributed by atoms with Crippen LogP contribution in [0.1, 0.15) is 12.5 Å². The summed E-state index contributed by atoms with van der Waals surface area (Å²) in [5.74, 6) is -0.919. The third-order valence-corrected chi connectivity index (χ3v) is 1.98. The Labute approximate surface area is 98.9 Å². The highest BCUT2D eigenvalue weighted by molar-refractivity contribution is 6.33. The molecule has 0 aromatic heterocycles. The highest BCUT2D eigenvalue weighted by Gasteiger charge is 2.19. The third kappa shape index (κ3) is 3.88. The van der Waals surface area contributed by atoms with Crippen LogP contribution in [-0.2, 0) is 4.74 Å². The van der Waals surface area contributed by atoms with Crippen LogP contribution in [0.15, 0.2) is 12.1 Å². The van der Waals surface area contributed by atoms with Crippen LogP contribution in [0.2, 0.25) is 0 Å². The van der Waals surface area contributed by atoms with E-state index < -0.39 is 13.1 Å². The van der Waals surface area contributed by atoms with E-state index in [9.17, 15) is 4.39 Å². The minimum atomic E-state index is -2.04. The van der Waals surface area contributed by atoms with Crippen molar-refractivity contribution in [2.75, 3.05) is 13.4 Å². The molecule has 7 heteroatoms. The van der Waals surface area contributed by atoms with Crippen molar-refractivity contribution in [2.45, 2.75) is 13.8 Å². The van der Waals surface area contributed by atoms with Gasteiger partial charge in [-0.15, -0.1) is 0 Å². The molecular formula is C10H14BFO5. The fraction of sp³-hybridized carbons (Fsp3) is 0.400. The predicted molar refractivity (Wildman–Crippen MR) is 59.1 cm³/mol. The van der Waals surface area contributed by atoms with Crippen molar-refractivity contribution in [3.63, 3.8) is 0 Å². The Bertz CT molecular complexity index is 372. The molecule has 1 aromatic rings. The molecule has 0 radical (unpaired) electrons. The molecule has 1 rings (SSSR count). The lowest BCUT2D eigenvalue weighted by molar-refractivity contribution is 0.0186. The molecule has 5 nitrogen and oxygen atoms in total. The van der Waals surface area contributed by atoms with Crippen LogP contribution in [0.5, 0.6) is 11.5 Å². The first kappa shape index (κ1) is 13.8. The van der Waals surface area contributed by atoms with Crippen LogP contribution in [0.4, 0.5) is 4.39 Å². The maximum absolute atomic E-state index is 13.7. The van der Waals surface area contributed by atoms with Crippen molar-refractivity contribution in [1.29, 1.82) is 0 Å². The second-order valence-electron chi connectivity index (χ2n) is 3.22. The van der Waals surface area contributed by atoms with Gasteiger partial charge in [-0.2, -0.15) is 0 Å². The lowest BCUT2D eigenvalue weighted by atomic mass is 10.2. The van der Waals surface area contributed by atoms with Crippen LogP contribution in [-0.4, -0.2) is 30.8 Å². The Hall–Kier alpha value is -1.31. The first-order chi connectivity index (χ1) is 8.06. The molecule has 0 unspecified atom stereocenters. The summed E-state index contributed by atoms with van der Waals surface area (Å²) in [5, 5.41) is 17.4. The second kappa shape index (κ2) is 6.44. The second-order valence-corrected chi connectivity index (χ2v) is 3.22. The molecule has 0 saturated heterocycles. The van der Waals surface area contributed by atoms with E-state index in [2.05, 4.69) is 4.65 Å². The summed E-state index contributed by atoms with van der Waals surface area (Å²) in [7, 11) is -2.04. The molecule has 0 amide bonds. The molecule has 0 aliphatic heterocycles. The largest absolute Gasteiger partial charge is 0.707 e. The van der Waals surface area contributed by atoms with Crippen molar-refractivity contribution in [3.05, 3.63) is 23.5 Å². The number of hydrogen-bond acceptors (Lipinski definition) is 5. The maximum atomic E-state index is 13.7. The average Bonchev–Trinajstić information content (AvgIpc) is 2.27. The highest BCUT2D eigenvalue weighted by atomic mass is 19.1. The van der Waals surface area contributed by atoms with Gasteiger partial charge in [0.1, 0.15) is 5.75 Å². The van der Waals surface area contributed by atoms with Gasteiger partial charge < -0.3 is 24.2 Å². The van der Waals surface area contributed by atoms with Gasteiger partial charge >= 0.3 is 7.32 Å². The summed E-state index contributed by atoms with van der Waals surface area (Å²) in [6, 6.07) is 2.83. The molecule has 0 atom stereocenters. The van der Waals surface area contributed by atoms with Gasteiger partial charge in [-0.05, 0) is 25.5 Å². The fourth-order valence-corrected chi connectivity index (χ4v) is 1.16. The minimum absolute atomic E-state index is 0.0946. The Morgan fingerprint density at radius 1 is 1.35 bits per heavy atom. The van der Waals surface area contributed by atoms with Gasteiger partial charge in [-0.3, -0.25) is 0 Å². The lowest BCUT2D eigenvalue weighted by Gasteiger charge is -2.14. The maximum Gasteiger partial charge on any atom is 0.707 e. The fourth-order valence-electron chi connectivity index (χ4n) is 1.16. The third-order valence-electron chi connectivity index (χ3n) is 1.98. The molecule has 0 heterocycles. The van der Waals surface area contributed by atoms with E-state index in [1.54, 1.807) is 13.8 Å². The quantitative estimate of drug-likeness (QED) is 0.441. The van der Waals surface area contributed by atoms with Crippen molar-refractivity contribution in [2.24, 2.45) is 0 Å². The molecule has 94 valence electrons. The van der Waals surface area contributed by atoms with Crippen molar-refractivity contribution >= 4 is 7.32 Å². The van der Waals surface area contributed by atoms with Gasteiger partial charge in [0.25, 0.3) is 0 Å². The number of hydrogen-bond donors (Lipinski definition) is 2. The number of aryl methyl sites for hydroxylation is 1. The zero-order chi connectivity index (χ0) is 12.8. The van der Waals surface area contributed by atoms with Crippen LogP contribution in [0, 0.1) is 12.7 Å². The topological polar surface area (TPSA) is 68.2 Å². The first-order valence-electron chi connectivity index (χ1n) is 5.08. The summed E-state index contributed by atoms with van der Waals surface area (Å²) >= 11 is 0. The Morgan fingerprint density at radius 2 is 2.06 bits per heavy atom. The summed E-state index contributed by atoms with van der Waals surface area (Å²) in [6.07, 6.45) is 0. The van der Waals surface area contributed by atoms with Gasteiger partial charge in [0.05, 0.1) is 0 Å². The molecule has 17 heavy (non-hydrogen) atoms. The van der Waals surface area contributed by atoms with E-state index in [0.29, 0.717) is 12.2 Å². The van der Waals surface area contributed by atoms with Gasteiger partial charge in [0.15, 0.2) is 18.4 Å². The molecule has 1 aromatic carbocycles. The van der Waals surface area contributed by atoms with E-state index in [0.717, 1.165) is 0 Å². The zero-order valence-electron chi connectivity index (χ0n) is 9.64.